The van der Waals surface area contributed by atoms with Crippen molar-refractivity contribution in [3.05, 3.63) is 59.0 Å². The number of fused-ring (bicyclic) bond motifs is 1. The van der Waals surface area contributed by atoms with Crippen molar-refractivity contribution < 1.29 is 9.21 Å². The average Bonchev–Trinajstić information content (AvgIpc) is 2.84. The first kappa shape index (κ1) is 11.3. The van der Waals surface area contributed by atoms with Gasteiger partial charge < -0.3 is 4.42 Å². The molecule has 0 aliphatic heterocycles. The van der Waals surface area contributed by atoms with Crippen molar-refractivity contribution in [1.82, 2.24) is 0 Å². The zero-order valence-electron chi connectivity index (χ0n) is 10.5. The van der Waals surface area contributed by atoms with Gasteiger partial charge in [-0.05, 0) is 49.4 Å². The van der Waals surface area contributed by atoms with E-state index in [1.165, 1.54) is 11.1 Å². The fourth-order valence-corrected chi connectivity index (χ4v) is 2.69. The molecule has 0 spiro atoms. The first-order valence-electron chi connectivity index (χ1n) is 6.41. The van der Waals surface area contributed by atoms with E-state index in [1.807, 2.05) is 19.1 Å². The van der Waals surface area contributed by atoms with Crippen molar-refractivity contribution in [3.63, 3.8) is 0 Å². The Hall–Kier alpha value is -1.83. The van der Waals surface area contributed by atoms with Gasteiger partial charge in [0.2, 0.25) is 5.78 Å². The summed E-state index contributed by atoms with van der Waals surface area (Å²) >= 11 is 0. The Bertz CT molecular complexity index is 580. The van der Waals surface area contributed by atoms with Crippen LogP contribution < -0.4 is 0 Å². The summed E-state index contributed by atoms with van der Waals surface area (Å²) in [6.45, 7) is 1.87. The SMILES string of the molecule is Cc1ccc(C(=O)C2CCc3ccccc3C2)o1. The van der Waals surface area contributed by atoms with E-state index >= 15 is 0 Å². The quantitative estimate of drug-likeness (QED) is 0.751. The molecule has 1 aromatic heterocycles. The van der Waals surface area contributed by atoms with Crippen LogP contribution in [0.4, 0.5) is 0 Å². The second-order valence-electron chi connectivity index (χ2n) is 4.98. The predicted molar refractivity (Wildman–Crippen MR) is 69.7 cm³/mol. The molecule has 92 valence electrons. The average molecular weight is 240 g/mol. The maximum atomic E-state index is 12.3. The molecule has 3 rings (SSSR count). The van der Waals surface area contributed by atoms with E-state index in [-0.39, 0.29) is 11.7 Å². The molecule has 1 heterocycles. The first-order chi connectivity index (χ1) is 8.74. The van der Waals surface area contributed by atoms with Crippen LogP contribution in [-0.4, -0.2) is 5.78 Å². The van der Waals surface area contributed by atoms with Crippen LogP contribution in [0.1, 0.15) is 33.9 Å². The van der Waals surface area contributed by atoms with Gasteiger partial charge >= 0.3 is 0 Å². The monoisotopic (exact) mass is 240 g/mol. The largest absolute Gasteiger partial charge is 0.458 e. The molecule has 1 unspecified atom stereocenters. The Morgan fingerprint density at radius 1 is 1.17 bits per heavy atom. The van der Waals surface area contributed by atoms with E-state index in [4.69, 9.17) is 4.42 Å². The van der Waals surface area contributed by atoms with Gasteiger partial charge in [-0.1, -0.05) is 24.3 Å². The molecule has 0 amide bonds. The number of carbonyl (C=O) groups excluding carboxylic acids is 1. The number of benzene rings is 1. The number of furan rings is 1. The van der Waals surface area contributed by atoms with Crippen LogP contribution in [0.25, 0.3) is 0 Å². The normalized spacial score (nSPS) is 18.4. The van der Waals surface area contributed by atoms with Gasteiger partial charge in [0.1, 0.15) is 5.76 Å². The molecular weight excluding hydrogens is 224 g/mol. The lowest BCUT2D eigenvalue weighted by Crippen LogP contribution is -2.22. The number of rotatable bonds is 2. The van der Waals surface area contributed by atoms with Crippen molar-refractivity contribution in [3.8, 4) is 0 Å². The summed E-state index contributed by atoms with van der Waals surface area (Å²) in [5.74, 6) is 1.54. The minimum absolute atomic E-state index is 0.0745. The second-order valence-corrected chi connectivity index (χ2v) is 4.98. The van der Waals surface area contributed by atoms with E-state index in [9.17, 15) is 4.79 Å². The maximum Gasteiger partial charge on any atom is 0.201 e. The molecule has 0 saturated heterocycles. The Balaban J connectivity index is 1.82. The third-order valence-corrected chi connectivity index (χ3v) is 3.70. The first-order valence-corrected chi connectivity index (χ1v) is 6.41. The van der Waals surface area contributed by atoms with Crippen LogP contribution in [0.5, 0.6) is 0 Å². The highest BCUT2D eigenvalue weighted by Gasteiger charge is 2.26. The lowest BCUT2D eigenvalue weighted by atomic mass is 9.81. The molecule has 2 nitrogen and oxygen atoms in total. The van der Waals surface area contributed by atoms with Gasteiger partial charge in [-0.25, -0.2) is 0 Å². The number of ketones is 1. The number of Topliss-reactive ketones (excluding diaryl/α,β-unsaturated/α-hetero) is 1. The van der Waals surface area contributed by atoms with Gasteiger partial charge in [-0.3, -0.25) is 4.79 Å². The van der Waals surface area contributed by atoms with E-state index in [1.54, 1.807) is 6.07 Å². The Labute approximate surface area is 107 Å². The summed E-state index contributed by atoms with van der Waals surface area (Å²) in [5.41, 5.74) is 2.70. The molecule has 0 N–H and O–H groups in total. The van der Waals surface area contributed by atoms with Crippen LogP contribution in [0.2, 0.25) is 0 Å². The topological polar surface area (TPSA) is 30.2 Å². The van der Waals surface area contributed by atoms with Gasteiger partial charge in [-0.2, -0.15) is 0 Å². The van der Waals surface area contributed by atoms with Crippen molar-refractivity contribution in [2.24, 2.45) is 5.92 Å². The van der Waals surface area contributed by atoms with Crippen molar-refractivity contribution >= 4 is 5.78 Å². The van der Waals surface area contributed by atoms with E-state index in [0.717, 1.165) is 25.0 Å². The number of hydrogen-bond donors (Lipinski definition) is 0. The minimum Gasteiger partial charge on any atom is -0.458 e. The van der Waals surface area contributed by atoms with Crippen molar-refractivity contribution in [1.29, 1.82) is 0 Å². The summed E-state index contributed by atoms with van der Waals surface area (Å²) in [7, 11) is 0. The summed E-state index contributed by atoms with van der Waals surface area (Å²) in [4.78, 5) is 12.3. The molecule has 18 heavy (non-hydrogen) atoms. The molecule has 2 heteroatoms. The molecule has 2 aromatic rings. The summed E-state index contributed by atoms with van der Waals surface area (Å²) in [6, 6.07) is 12.0. The van der Waals surface area contributed by atoms with Crippen molar-refractivity contribution in [2.75, 3.05) is 0 Å². The number of carbonyl (C=O) groups is 1. The van der Waals surface area contributed by atoms with Crippen LogP contribution >= 0.6 is 0 Å². The highest BCUT2D eigenvalue weighted by atomic mass is 16.3. The number of hydrogen-bond acceptors (Lipinski definition) is 2. The fourth-order valence-electron chi connectivity index (χ4n) is 2.69. The Morgan fingerprint density at radius 3 is 2.67 bits per heavy atom. The van der Waals surface area contributed by atoms with Gasteiger partial charge in [0, 0.05) is 5.92 Å². The van der Waals surface area contributed by atoms with Gasteiger partial charge in [0.25, 0.3) is 0 Å². The van der Waals surface area contributed by atoms with Crippen LogP contribution in [-0.2, 0) is 12.8 Å². The zero-order valence-corrected chi connectivity index (χ0v) is 10.5. The van der Waals surface area contributed by atoms with Crippen LogP contribution in [0, 0.1) is 12.8 Å². The standard InChI is InChI=1S/C16H16O2/c1-11-6-9-15(18-11)16(17)14-8-7-12-4-2-3-5-13(12)10-14/h2-6,9,14H,7-8,10H2,1H3. The fraction of sp³-hybridized carbons (Fsp3) is 0.312. The molecule has 0 radical (unpaired) electrons. The third kappa shape index (κ3) is 1.99. The lowest BCUT2D eigenvalue weighted by Gasteiger charge is -2.22. The van der Waals surface area contributed by atoms with Gasteiger partial charge in [0.05, 0.1) is 0 Å². The van der Waals surface area contributed by atoms with Crippen molar-refractivity contribution in [2.45, 2.75) is 26.2 Å². The molecule has 0 bridgehead atoms. The van der Waals surface area contributed by atoms with Gasteiger partial charge in [0.15, 0.2) is 5.76 Å². The van der Waals surface area contributed by atoms with E-state index < -0.39 is 0 Å². The predicted octanol–water partition coefficient (Wildman–Crippen LogP) is 3.58. The molecule has 0 fully saturated rings. The molecule has 1 aliphatic rings. The third-order valence-electron chi connectivity index (χ3n) is 3.70. The molecule has 1 atom stereocenters. The van der Waals surface area contributed by atoms with E-state index in [0.29, 0.717) is 5.76 Å². The van der Waals surface area contributed by atoms with Crippen LogP contribution in [0.15, 0.2) is 40.8 Å². The minimum atomic E-state index is 0.0745. The highest BCUT2D eigenvalue weighted by molar-refractivity contribution is 5.95. The Kier molecular flexibility index (Phi) is 2.78. The molecule has 1 aliphatic carbocycles. The lowest BCUT2D eigenvalue weighted by molar-refractivity contribution is 0.0879. The molecule has 0 saturated carbocycles. The van der Waals surface area contributed by atoms with Crippen LogP contribution in [0.3, 0.4) is 0 Å². The smallest absolute Gasteiger partial charge is 0.201 e. The van der Waals surface area contributed by atoms with E-state index in [2.05, 4.69) is 18.2 Å². The maximum absolute atomic E-state index is 12.3. The summed E-state index contributed by atoms with van der Waals surface area (Å²) < 4.78 is 5.44. The molecular formula is C16H16O2. The highest BCUT2D eigenvalue weighted by Crippen LogP contribution is 2.28. The Morgan fingerprint density at radius 2 is 1.94 bits per heavy atom. The zero-order chi connectivity index (χ0) is 12.5. The second kappa shape index (κ2) is 4.45. The summed E-state index contributed by atoms with van der Waals surface area (Å²) in [5, 5.41) is 0. The van der Waals surface area contributed by atoms with Gasteiger partial charge in [-0.15, -0.1) is 0 Å². The summed E-state index contributed by atoms with van der Waals surface area (Å²) in [6.07, 6.45) is 2.76. The molecule has 1 aromatic carbocycles. The number of aryl methyl sites for hydroxylation is 2.